The Balaban J connectivity index is 1.07. The molecule has 1 spiro atoms. The van der Waals surface area contributed by atoms with Gasteiger partial charge in [-0.3, -0.25) is 14.4 Å². The lowest BCUT2D eigenvalue weighted by Gasteiger charge is -2.57. The Hall–Kier alpha value is -3.00. The van der Waals surface area contributed by atoms with E-state index in [2.05, 4.69) is 15.5 Å². The van der Waals surface area contributed by atoms with Gasteiger partial charge in [-0.15, -0.1) is 11.3 Å². The van der Waals surface area contributed by atoms with Gasteiger partial charge in [0.25, 0.3) is 11.5 Å². The van der Waals surface area contributed by atoms with Crippen LogP contribution in [0, 0.1) is 5.41 Å². The van der Waals surface area contributed by atoms with Gasteiger partial charge in [0, 0.05) is 41.1 Å². The second kappa shape index (κ2) is 7.52. The molecule has 0 unspecified atom stereocenters. The van der Waals surface area contributed by atoms with Gasteiger partial charge in [0.2, 0.25) is 5.91 Å². The summed E-state index contributed by atoms with van der Waals surface area (Å²) in [5.74, 6) is 0.466. The molecule has 0 bridgehead atoms. The highest BCUT2D eigenvalue weighted by atomic mass is 32.1. The average molecular weight is 463 g/mol. The Morgan fingerprint density at radius 3 is 2.70 bits per heavy atom. The predicted molar refractivity (Wildman–Crippen MR) is 126 cm³/mol. The maximum Gasteiger partial charge on any atom is 0.272 e. The molecule has 0 atom stereocenters. The second-order valence-corrected chi connectivity index (χ2v) is 10.9. The molecule has 2 aromatic heterocycles. The Bertz CT molecular complexity index is 1330. The average Bonchev–Trinajstić information content (AvgIpc) is 3.19. The number of nitrogens with one attached hydrogen (secondary N) is 2. The van der Waals surface area contributed by atoms with E-state index in [0.29, 0.717) is 24.4 Å². The largest absolute Gasteiger partial charge is 0.349 e. The predicted octanol–water partition coefficient (Wildman–Crippen LogP) is 3.35. The maximum absolute atomic E-state index is 12.9. The van der Waals surface area contributed by atoms with Crippen molar-refractivity contribution in [2.45, 2.75) is 57.5 Å². The highest BCUT2D eigenvalue weighted by Crippen LogP contribution is 2.62. The van der Waals surface area contributed by atoms with Crippen LogP contribution in [0.2, 0.25) is 0 Å². The van der Waals surface area contributed by atoms with E-state index >= 15 is 0 Å². The number of H-pyrrole nitrogens is 1. The van der Waals surface area contributed by atoms with E-state index in [9.17, 15) is 14.4 Å². The molecule has 0 saturated heterocycles. The van der Waals surface area contributed by atoms with Gasteiger partial charge in [-0.05, 0) is 49.1 Å². The summed E-state index contributed by atoms with van der Waals surface area (Å²) in [5.41, 5.74) is 3.04. The molecule has 170 valence electrons. The highest BCUT2D eigenvalue weighted by Gasteiger charge is 2.54. The van der Waals surface area contributed by atoms with Gasteiger partial charge in [-0.2, -0.15) is 5.10 Å². The first-order valence-electron chi connectivity index (χ1n) is 11.6. The lowest BCUT2D eigenvalue weighted by atomic mass is 9.49. The number of rotatable bonds is 3. The molecule has 0 radical (unpaired) electrons. The minimum Gasteiger partial charge on any atom is -0.349 e. The van der Waals surface area contributed by atoms with Gasteiger partial charge >= 0.3 is 0 Å². The molecule has 3 heterocycles. The molecule has 2 N–H and O–H groups in total. The number of amides is 2. The van der Waals surface area contributed by atoms with Crippen molar-refractivity contribution in [1.82, 2.24) is 20.4 Å². The third-order valence-corrected chi connectivity index (χ3v) is 8.82. The quantitative estimate of drug-likeness (QED) is 0.624. The topological polar surface area (TPSA) is 95.2 Å². The maximum atomic E-state index is 12.9. The molecule has 2 fully saturated rings. The molecule has 8 heteroatoms. The first-order chi connectivity index (χ1) is 15.9. The number of fused-ring (bicyclic) bond motifs is 2. The summed E-state index contributed by atoms with van der Waals surface area (Å²) in [5, 5.41) is 13.9. The minimum absolute atomic E-state index is 0.0211. The monoisotopic (exact) mass is 462 g/mol. The number of aromatic nitrogens is 2. The van der Waals surface area contributed by atoms with Crippen molar-refractivity contribution in [3.8, 4) is 0 Å². The number of thiophene rings is 1. The normalized spacial score (nSPS) is 25.9. The summed E-state index contributed by atoms with van der Waals surface area (Å²) in [6, 6.07) is 7.89. The van der Waals surface area contributed by atoms with Crippen LogP contribution >= 0.6 is 11.3 Å². The van der Waals surface area contributed by atoms with Crippen molar-refractivity contribution in [3.05, 3.63) is 61.7 Å². The van der Waals surface area contributed by atoms with E-state index in [1.807, 2.05) is 34.5 Å². The van der Waals surface area contributed by atoms with Crippen LogP contribution in [0.3, 0.4) is 0 Å². The highest BCUT2D eigenvalue weighted by molar-refractivity contribution is 7.10. The Labute approximate surface area is 195 Å². The molecular weight excluding hydrogens is 436 g/mol. The fourth-order valence-corrected chi connectivity index (χ4v) is 7.19. The molecule has 2 saturated carbocycles. The summed E-state index contributed by atoms with van der Waals surface area (Å²) in [6.45, 7) is 2.89. The first kappa shape index (κ1) is 20.6. The number of aromatic amines is 1. The van der Waals surface area contributed by atoms with Crippen molar-refractivity contribution in [1.29, 1.82) is 0 Å². The molecular formula is C25H26N4O3S. The molecule has 1 aliphatic heterocycles. The van der Waals surface area contributed by atoms with E-state index in [4.69, 9.17) is 0 Å². The van der Waals surface area contributed by atoms with Crippen LogP contribution in [0.5, 0.6) is 0 Å². The zero-order valence-corrected chi connectivity index (χ0v) is 19.3. The minimum atomic E-state index is -0.139. The van der Waals surface area contributed by atoms with Gasteiger partial charge in [0.1, 0.15) is 0 Å². The molecule has 2 aliphatic carbocycles. The van der Waals surface area contributed by atoms with Crippen molar-refractivity contribution >= 4 is 33.9 Å². The standard InChI is InChI=1S/C25H26N4O3S/c1-14(30)29-7-6-17-20(13-33-21(17)12-29)23(31)26-16-10-25(11-16)8-15(9-25)22-18-4-2-3-5-19(18)24(32)28-27-22/h2-5,13,15-16H,6-12H2,1H3,(H,26,31)(H,28,32)/t15-,16-,25?. The second-order valence-electron chi connectivity index (χ2n) is 9.91. The Morgan fingerprint density at radius 1 is 1.18 bits per heavy atom. The van der Waals surface area contributed by atoms with Crippen LogP contribution < -0.4 is 10.9 Å². The van der Waals surface area contributed by atoms with E-state index in [0.717, 1.165) is 59.2 Å². The summed E-state index contributed by atoms with van der Waals surface area (Å²) >= 11 is 1.58. The van der Waals surface area contributed by atoms with Crippen molar-refractivity contribution in [2.75, 3.05) is 6.54 Å². The number of carbonyl (C=O) groups is 2. The summed E-state index contributed by atoms with van der Waals surface area (Å²) < 4.78 is 0. The fraction of sp³-hybridized carbons (Fsp3) is 0.440. The number of carbonyl (C=O) groups excluding carboxylic acids is 2. The van der Waals surface area contributed by atoms with E-state index in [1.54, 1.807) is 18.3 Å². The van der Waals surface area contributed by atoms with Crippen LogP contribution in [-0.4, -0.2) is 39.5 Å². The summed E-state index contributed by atoms with van der Waals surface area (Å²) in [6.07, 6.45) is 4.85. The third kappa shape index (κ3) is 3.39. The van der Waals surface area contributed by atoms with Crippen LogP contribution in [0.25, 0.3) is 10.8 Å². The van der Waals surface area contributed by atoms with Gasteiger partial charge in [0.15, 0.2) is 0 Å². The molecule has 3 aliphatic rings. The van der Waals surface area contributed by atoms with E-state index in [-0.39, 0.29) is 28.8 Å². The molecule has 1 aromatic carbocycles. The molecule has 6 rings (SSSR count). The van der Waals surface area contributed by atoms with E-state index in [1.165, 1.54) is 0 Å². The Kier molecular flexibility index (Phi) is 4.69. The molecule has 2 amide bonds. The number of hydrogen-bond donors (Lipinski definition) is 2. The van der Waals surface area contributed by atoms with Crippen LogP contribution in [0.4, 0.5) is 0 Å². The van der Waals surface area contributed by atoms with Gasteiger partial charge < -0.3 is 10.2 Å². The van der Waals surface area contributed by atoms with Gasteiger partial charge in [0.05, 0.1) is 23.2 Å². The Morgan fingerprint density at radius 2 is 1.94 bits per heavy atom. The third-order valence-electron chi connectivity index (χ3n) is 7.80. The summed E-state index contributed by atoms with van der Waals surface area (Å²) in [7, 11) is 0. The SMILES string of the molecule is CC(=O)N1CCc2c(C(=O)N[C@H]3CC4(C3)C[C@H](c3n[nH]c(=O)c5ccccc53)C4)csc2C1. The number of nitrogens with zero attached hydrogens (tertiary/aromatic N) is 2. The van der Waals surface area contributed by atoms with Gasteiger partial charge in [-0.1, -0.05) is 18.2 Å². The molecule has 33 heavy (non-hydrogen) atoms. The van der Waals surface area contributed by atoms with Crippen molar-refractivity contribution in [3.63, 3.8) is 0 Å². The van der Waals surface area contributed by atoms with Crippen LogP contribution in [0.1, 0.15) is 65.0 Å². The van der Waals surface area contributed by atoms with Crippen LogP contribution in [0.15, 0.2) is 34.4 Å². The zero-order valence-electron chi connectivity index (χ0n) is 18.5. The van der Waals surface area contributed by atoms with Crippen LogP contribution in [-0.2, 0) is 17.8 Å². The number of benzene rings is 1. The fourth-order valence-electron chi connectivity index (χ4n) is 6.10. The number of hydrogen-bond acceptors (Lipinski definition) is 5. The van der Waals surface area contributed by atoms with Crippen molar-refractivity contribution < 1.29 is 9.59 Å². The molecule has 3 aromatic rings. The molecule has 7 nitrogen and oxygen atoms in total. The lowest BCUT2D eigenvalue weighted by molar-refractivity contribution is -0.129. The zero-order chi connectivity index (χ0) is 22.7. The van der Waals surface area contributed by atoms with Gasteiger partial charge in [-0.25, -0.2) is 5.10 Å². The summed E-state index contributed by atoms with van der Waals surface area (Å²) in [4.78, 5) is 39.6. The smallest absolute Gasteiger partial charge is 0.272 e. The first-order valence-corrected chi connectivity index (χ1v) is 12.4. The van der Waals surface area contributed by atoms with E-state index < -0.39 is 0 Å². The lowest BCUT2D eigenvalue weighted by Crippen LogP contribution is -2.55. The van der Waals surface area contributed by atoms with Crippen molar-refractivity contribution in [2.24, 2.45) is 5.41 Å².